The van der Waals surface area contributed by atoms with Gasteiger partial charge in [0.1, 0.15) is 18.0 Å². The lowest BCUT2D eigenvalue weighted by atomic mass is 10.2. The van der Waals surface area contributed by atoms with Crippen LogP contribution >= 0.6 is 0 Å². The molecule has 1 aromatic heterocycles. The largest absolute Gasteiger partial charge is 0.368 e. The van der Waals surface area contributed by atoms with Crippen molar-refractivity contribution in [3.8, 4) is 0 Å². The fourth-order valence-electron chi connectivity index (χ4n) is 1.39. The Balaban J connectivity index is 2.59. The van der Waals surface area contributed by atoms with Crippen molar-refractivity contribution < 1.29 is 0 Å². The predicted molar refractivity (Wildman–Crippen MR) is 67.5 cm³/mol. The molecule has 0 aliphatic heterocycles. The molecule has 0 bridgehead atoms. The second kappa shape index (κ2) is 6.27. The summed E-state index contributed by atoms with van der Waals surface area (Å²) < 4.78 is 0. The van der Waals surface area contributed by atoms with Gasteiger partial charge in [-0.15, -0.1) is 0 Å². The highest BCUT2D eigenvalue weighted by Gasteiger charge is 2.03. The molecule has 0 saturated carbocycles. The number of hydrogen-bond donors (Lipinski definition) is 3. The van der Waals surface area contributed by atoms with E-state index < -0.39 is 0 Å². The fourth-order valence-corrected chi connectivity index (χ4v) is 1.39. The molecule has 4 N–H and O–H groups in total. The summed E-state index contributed by atoms with van der Waals surface area (Å²) in [6, 6.07) is 2.60. The highest BCUT2D eigenvalue weighted by Crippen LogP contribution is 2.11. The number of aromatic nitrogens is 2. The third kappa shape index (κ3) is 4.44. The molecule has 5 nitrogen and oxygen atoms in total. The van der Waals surface area contributed by atoms with E-state index in [0.29, 0.717) is 18.6 Å². The molecule has 1 aromatic rings. The highest BCUT2D eigenvalue weighted by molar-refractivity contribution is 5.47. The number of nitrogens with zero attached hydrogens (tertiary/aromatic N) is 2. The van der Waals surface area contributed by atoms with Crippen LogP contribution in [-0.4, -0.2) is 28.6 Å². The van der Waals surface area contributed by atoms with E-state index in [0.717, 1.165) is 18.1 Å². The molecule has 0 spiro atoms. The van der Waals surface area contributed by atoms with Gasteiger partial charge in [0, 0.05) is 18.2 Å². The van der Waals surface area contributed by atoms with Gasteiger partial charge >= 0.3 is 0 Å². The summed E-state index contributed by atoms with van der Waals surface area (Å²) in [6.45, 7) is 6.92. The number of anilines is 2. The zero-order chi connectivity index (χ0) is 12.0. The molecule has 90 valence electrons. The first-order valence-electron chi connectivity index (χ1n) is 5.67. The number of nitrogens with one attached hydrogen (secondary N) is 2. The van der Waals surface area contributed by atoms with Gasteiger partial charge in [-0.05, 0) is 33.7 Å². The number of nitrogens with two attached hydrogens (primary N) is 1. The Hall–Kier alpha value is -1.36. The van der Waals surface area contributed by atoms with Gasteiger partial charge in [-0.3, -0.25) is 0 Å². The van der Waals surface area contributed by atoms with Crippen LogP contribution in [0.25, 0.3) is 0 Å². The second-order valence-corrected chi connectivity index (χ2v) is 4.21. The lowest BCUT2D eigenvalue weighted by Gasteiger charge is -2.14. The van der Waals surface area contributed by atoms with Crippen molar-refractivity contribution in [1.29, 1.82) is 0 Å². The van der Waals surface area contributed by atoms with Gasteiger partial charge in [0.2, 0.25) is 0 Å². The zero-order valence-electron chi connectivity index (χ0n) is 10.2. The lowest BCUT2D eigenvalue weighted by Crippen LogP contribution is -2.20. The first-order chi connectivity index (χ1) is 7.61. The smallest absolute Gasteiger partial charge is 0.131 e. The quantitative estimate of drug-likeness (QED) is 0.680. The molecule has 0 aliphatic rings. The van der Waals surface area contributed by atoms with Crippen LogP contribution in [0, 0.1) is 0 Å². The first-order valence-corrected chi connectivity index (χ1v) is 5.67. The zero-order valence-corrected chi connectivity index (χ0v) is 10.2. The minimum atomic E-state index is 0.326. The summed E-state index contributed by atoms with van der Waals surface area (Å²) in [5, 5.41) is 6.52. The van der Waals surface area contributed by atoms with E-state index in [1.165, 1.54) is 0 Å². The number of hydrogen-bond acceptors (Lipinski definition) is 5. The number of rotatable bonds is 6. The summed E-state index contributed by atoms with van der Waals surface area (Å²) in [7, 11) is 0. The van der Waals surface area contributed by atoms with Crippen molar-refractivity contribution in [1.82, 2.24) is 9.97 Å². The van der Waals surface area contributed by atoms with Crippen molar-refractivity contribution in [2.45, 2.75) is 39.3 Å². The highest BCUT2D eigenvalue weighted by atomic mass is 15.1. The van der Waals surface area contributed by atoms with Crippen molar-refractivity contribution in [3.63, 3.8) is 0 Å². The van der Waals surface area contributed by atoms with Crippen LogP contribution in [0.15, 0.2) is 12.4 Å². The van der Waals surface area contributed by atoms with Crippen LogP contribution in [0.4, 0.5) is 11.6 Å². The Kier molecular flexibility index (Phi) is 4.98. The Morgan fingerprint density at radius 3 is 2.38 bits per heavy atom. The molecule has 1 heterocycles. The monoisotopic (exact) mass is 223 g/mol. The van der Waals surface area contributed by atoms with Gasteiger partial charge in [0.15, 0.2) is 0 Å². The minimum absolute atomic E-state index is 0.326. The Morgan fingerprint density at radius 2 is 1.81 bits per heavy atom. The lowest BCUT2D eigenvalue weighted by molar-refractivity contribution is 0.713. The average Bonchev–Trinajstić information content (AvgIpc) is 2.17. The molecule has 1 unspecified atom stereocenters. The molecular formula is C11H21N5. The predicted octanol–water partition coefficient (Wildman–Crippen LogP) is 1.45. The van der Waals surface area contributed by atoms with Gasteiger partial charge < -0.3 is 16.4 Å². The van der Waals surface area contributed by atoms with E-state index in [-0.39, 0.29) is 0 Å². The molecule has 0 fully saturated rings. The van der Waals surface area contributed by atoms with E-state index in [1.54, 1.807) is 6.33 Å². The van der Waals surface area contributed by atoms with Crippen LogP contribution in [-0.2, 0) is 0 Å². The minimum Gasteiger partial charge on any atom is -0.368 e. The second-order valence-electron chi connectivity index (χ2n) is 4.21. The van der Waals surface area contributed by atoms with Crippen molar-refractivity contribution in [2.75, 3.05) is 17.2 Å². The molecular weight excluding hydrogens is 202 g/mol. The van der Waals surface area contributed by atoms with Gasteiger partial charge in [-0.25, -0.2) is 9.97 Å². The van der Waals surface area contributed by atoms with E-state index in [1.807, 2.05) is 6.07 Å². The molecule has 5 heteroatoms. The average molecular weight is 223 g/mol. The maximum absolute atomic E-state index is 5.49. The molecule has 0 aromatic carbocycles. The van der Waals surface area contributed by atoms with Crippen LogP contribution < -0.4 is 16.4 Å². The maximum atomic E-state index is 5.49. The first kappa shape index (κ1) is 12.7. The van der Waals surface area contributed by atoms with Crippen molar-refractivity contribution in [2.24, 2.45) is 5.73 Å². The molecule has 0 amide bonds. The van der Waals surface area contributed by atoms with E-state index in [4.69, 9.17) is 5.73 Å². The molecule has 1 rings (SSSR count). The summed E-state index contributed by atoms with van der Waals surface area (Å²) in [6.07, 6.45) is 2.49. The maximum Gasteiger partial charge on any atom is 0.131 e. The van der Waals surface area contributed by atoms with Gasteiger partial charge in [0.05, 0.1) is 0 Å². The third-order valence-corrected chi connectivity index (χ3v) is 2.10. The fraction of sp³-hybridized carbons (Fsp3) is 0.636. The van der Waals surface area contributed by atoms with Crippen LogP contribution in [0.5, 0.6) is 0 Å². The Bertz CT molecular complexity index is 313. The summed E-state index contributed by atoms with van der Waals surface area (Å²) in [4.78, 5) is 8.31. The summed E-state index contributed by atoms with van der Waals surface area (Å²) in [5.74, 6) is 1.67. The van der Waals surface area contributed by atoms with Crippen molar-refractivity contribution >= 4 is 11.6 Å². The molecule has 0 saturated heterocycles. The van der Waals surface area contributed by atoms with Crippen LogP contribution in [0.1, 0.15) is 27.2 Å². The Labute approximate surface area is 96.9 Å². The molecule has 16 heavy (non-hydrogen) atoms. The standard InChI is InChI=1S/C11H21N5/c1-8(2)15-10-6-11(14-7-13-10)16-9(3)4-5-12/h6-9H,4-5,12H2,1-3H3,(H2,13,14,15,16). The SMILES string of the molecule is CC(C)Nc1cc(NC(C)CCN)ncn1. The van der Waals surface area contributed by atoms with E-state index >= 15 is 0 Å². The normalized spacial score (nSPS) is 12.6. The molecule has 1 atom stereocenters. The van der Waals surface area contributed by atoms with Crippen LogP contribution in [0.2, 0.25) is 0 Å². The van der Waals surface area contributed by atoms with E-state index in [2.05, 4.69) is 41.4 Å². The van der Waals surface area contributed by atoms with Crippen LogP contribution in [0.3, 0.4) is 0 Å². The third-order valence-electron chi connectivity index (χ3n) is 2.10. The summed E-state index contributed by atoms with van der Waals surface area (Å²) >= 11 is 0. The van der Waals surface area contributed by atoms with E-state index in [9.17, 15) is 0 Å². The van der Waals surface area contributed by atoms with Gasteiger partial charge in [0.25, 0.3) is 0 Å². The topological polar surface area (TPSA) is 75.9 Å². The van der Waals surface area contributed by atoms with Gasteiger partial charge in [-0.2, -0.15) is 0 Å². The van der Waals surface area contributed by atoms with Crippen molar-refractivity contribution in [3.05, 3.63) is 12.4 Å². The molecule has 0 aliphatic carbocycles. The summed E-state index contributed by atoms with van der Waals surface area (Å²) in [5.41, 5.74) is 5.49. The Morgan fingerprint density at radius 1 is 1.19 bits per heavy atom. The molecule has 0 radical (unpaired) electrons. The van der Waals surface area contributed by atoms with Gasteiger partial charge in [-0.1, -0.05) is 0 Å².